The average molecular weight is 480 g/mol. The largest absolute Gasteiger partial charge is 0.492 e. The fraction of sp³-hybridized carbons (Fsp3) is 0.417. The monoisotopic (exact) mass is 479 g/mol. The van der Waals surface area contributed by atoms with E-state index < -0.39 is 0 Å². The molecule has 2 aliphatic rings. The standard InChI is InChI=1S/C24H25N5O2S2/c1-2-31-17-9-5-4-8-16(17)25-19(30)13-32-24-28-27-22-20-15-7-3-6-10-18(15)33-23(20)26-21(29(22)24)14-11-12-14/h4-5,8-9,14H,2-3,6-7,10-13H2,1H3,(H,25,30). The minimum atomic E-state index is -0.0983. The van der Waals surface area contributed by atoms with Crippen molar-refractivity contribution in [2.75, 3.05) is 17.7 Å². The first-order valence-electron chi connectivity index (χ1n) is 11.6. The quantitative estimate of drug-likeness (QED) is 0.366. The number of nitrogens with zero attached hydrogens (tertiary/aromatic N) is 4. The van der Waals surface area contributed by atoms with Crippen LogP contribution in [0, 0.1) is 0 Å². The Morgan fingerprint density at radius 1 is 1.24 bits per heavy atom. The number of rotatable bonds is 7. The average Bonchev–Trinajstić information content (AvgIpc) is 3.48. The third-order valence-electron chi connectivity index (χ3n) is 6.19. The predicted molar refractivity (Wildman–Crippen MR) is 132 cm³/mol. The Morgan fingerprint density at radius 2 is 2.09 bits per heavy atom. The molecule has 0 spiro atoms. The zero-order valence-corrected chi connectivity index (χ0v) is 20.1. The van der Waals surface area contributed by atoms with E-state index in [0.29, 0.717) is 24.0 Å². The summed E-state index contributed by atoms with van der Waals surface area (Å²) in [7, 11) is 0. The number of thiophene rings is 1. The Labute approximate surface area is 200 Å². The number of benzene rings is 1. The second-order valence-electron chi connectivity index (χ2n) is 8.54. The number of hydrogen-bond donors (Lipinski definition) is 1. The molecular weight excluding hydrogens is 454 g/mol. The minimum Gasteiger partial charge on any atom is -0.492 e. The fourth-order valence-electron chi connectivity index (χ4n) is 4.53. The van der Waals surface area contributed by atoms with Crippen LogP contribution in [0.25, 0.3) is 15.9 Å². The van der Waals surface area contributed by atoms with Crippen LogP contribution >= 0.6 is 23.1 Å². The molecule has 1 aromatic carbocycles. The van der Waals surface area contributed by atoms with Gasteiger partial charge in [0.05, 0.1) is 23.4 Å². The molecule has 0 radical (unpaired) electrons. The predicted octanol–water partition coefficient (Wildman–Crippen LogP) is 5.22. The third-order valence-corrected chi connectivity index (χ3v) is 8.31. The van der Waals surface area contributed by atoms with E-state index in [4.69, 9.17) is 9.72 Å². The van der Waals surface area contributed by atoms with Crippen molar-refractivity contribution in [2.24, 2.45) is 0 Å². The first-order valence-corrected chi connectivity index (χ1v) is 13.4. The maximum atomic E-state index is 12.7. The van der Waals surface area contributed by atoms with Crippen molar-refractivity contribution in [3.8, 4) is 5.75 Å². The second kappa shape index (κ2) is 8.61. The Bertz CT molecular complexity index is 1360. The number of para-hydroxylation sites is 2. The van der Waals surface area contributed by atoms with Gasteiger partial charge < -0.3 is 10.1 Å². The number of aromatic nitrogens is 4. The molecule has 0 bridgehead atoms. The molecular formula is C24H25N5O2S2. The van der Waals surface area contributed by atoms with Gasteiger partial charge in [0.2, 0.25) is 5.91 Å². The van der Waals surface area contributed by atoms with Gasteiger partial charge in [-0.3, -0.25) is 9.20 Å². The van der Waals surface area contributed by atoms with E-state index in [1.807, 2.05) is 42.5 Å². The maximum absolute atomic E-state index is 12.7. The summed E-state index contributed by atoms with van der Waals surface area (Å²) in [6.45, 7) is 2.48. The van der Waals surface area contributed by atoms with E-state index in [1.165, 1.54) is 40.4 Å². The van der Waals surface area contributed by atoms with Gasteiger partial charge >= 0.3 is 0 Å². The zero-order valence-electron chi connectivity index (χ0n) is 18.5. The summed E-state index contributed by atoms with van der Waals surface area (Å²) in [5.74, 6) is 2.32. The lowest BCUT2D eigenvalue weighted by atomic mass is 9.97. The van der Waals surface area contributed by atoms with Crippen molar-refractivity contribution in [3.05, 3.63) is 40.5 Å². The van der Waals surface area contributed by atoms with Gasteiger partial charge in [-0.1, -0.05) is 23.9 Å². The number of amides is 1. The van der Waals surface area contributed by atoms with Crippen LogP contribution in [0.1, 0.15) is 54.8 Å². The summed E-state index contributed by atoms with van der Waals surface area (Å²) >= 11 is 3.24. The molecule has 1 fully saturated rings. The van der Waals surface area contributed by atoms with Gasteiger partial charge in [0.1, 0.15) is 16.4 Å². The summed E-state index contributed by atoms with van der Waals surface area (Å²) < 4.78 is 7.74. The van der Waals surface area contributed by atoms with Gasteiger partial charge in [0.25, 0.3) is 0 Å². The number of nitrogens with one attached hydrogen (secondary N) is 1. The molecule has 170 valence electrons. The number of ether oxygens (including phenoxy) is 1. The van der Waals surface area contributed by atoms with Gasteiger partial charge in [0.15, 0.2) is 10.8 Å². The Hall–Kier alpha value is -2.65. The first kappa shape index (κ1) is 20.9. The smallest absolute Gasteiger partial charge is 0.234 e. The molecule has 2 aliphatic carbocycles. The van der Waals surface area contributed by atoms with Crippen LogP contribution in [0.2, 0.25) is 0 Å². The van der Waals surface area contributed by atoms with Gasteiger partial charge in [-0.15, -0.1) is 21.5 Å². The van der Waals surface area contributed by atoms with Crippen molar-refractivity contribution in [3.63, 3.8) is 0 Å². The number of fused-ring (bicyclic) bond motifs is 5. The number of hydrogen-bond acceptors (Lipinski definition) is 7. The summed E-state index contributed by atoms with van der Waals surface area (Å²) in [5.41, 5.74) is 3.00. The van der Waals surface area contributed by atoms with Crippen molar-refractivity contribution in [2.45, 2.75) is 56.5 Å². The molecule has 9 heteroatoms. The highest BCUT2D eigenvalue weighted by Crippen LogP contribution is 2.44. The SMILES string of the molecule is CCOc1ccccc1NC(=O)CSc1nnc2c3c4c(sc3nc(C3CC3)n12)CCCC4. The molecule has 1 N–H and O–H groups in total. The summed E-state index contributed by atoms with van der Waals surface area (Å²) in [4.78, 5) is 20.4. The van der Waals surface area contributed by atoms with E-state index >= 15 is 0 Å². The van der Waals surface area contributed by atoms with Crippen LogP contribution in [0.15, 0.2) is 29.4 Å². The number of aryl methyl sites for hydroxylation is 2. The molecule has 3 heterocycles. The lowest BCUT2D eigenvalue weighted by molar-refractivity contribution is -0.113. The molecule has 0 aliphatic heterocycles. The van der Waals surface area contributed by atoms with Gasteiger partial charge in [-0.05, 0) is 63.1 Å². The van der Waals surface area contributed by atoms with Crippen LogP contribution in [0.4, 0.5) is 5.69 Å². The summed E-state index contributed by atoms with van der Waals surface area (Å²) in [6.07, 6.45) is 6.99. The molecule has 0 unspecified atom stereocenters. The summed E-state index contributed by atoms with van der Waals surface area (Å²) in [5, 5.41) is 14.0. The van der Waals surface area contributed by atoms with Crippen LogP contribution < -0.4 is 10.1 Å². The lowest BCUT2D eigenvalue weighted by Crippen LogP contribution is -2.15. The van der Waals surface area contributed by atoms with E-state index in [9.17, 15) is 4.79 Å². The van der Waals surface area contributed by atoms with Crippen LogP contribution in [-0.2, 0) is 17.6 Å². The number of carbonyl (C=O) groups excluding carboxylic acids is 1. The lowest BCUT2D eigenvalue weighted by Gasteiger charge is -2.12. The highest BCUT2D eigenvalue weighted by molar-refractivity contribution is 7.99. The highest BCUT2D eigenvalue weighted by Gasteiger charge is 2.32. The Balaban J connectivity index is 1.30. The summed E-state index contributed by atoms with van der Waals surface area (Å²) in [6, 6.07) is 7.50. The Morgan fingerprint density at radius 3 is 2.94 bits per heavy atom. The van der Waals surface area contributed by atoms with Crippen LogP contribution in [-0.4, -0.2) is 37.8 Å². The molecule has 1 amide bonds. The van der Waals surface area contributed by atoms with Crippen LogP contribution in [0.5, 0.6) is 5.75 Å². The minimum absolute atomic E-state index is 0.0983. The number of carbonyl (C=O) groups is 1. The first-order chi connectivity index (χ1) is 16.2. The number of anilines is 1. The van der Waals surface area contributed by atoms with Gasteiger partial charge in [-0.2, -0.15) is 0 Å². The molecule has 3 aromatic heterocycles. The third kappa shape index (κ3) is 3.87. The van der Waals surface area contributed by atoms with Crippen molar-refractivity contribution in [1.29, 1.82) is 0 Å². The van der Waals surface area contributed by atoms with E-state index in [0.717, 1.165) is 47.1 Å². The molecule has 7 nitrogen and oxygen atoms in total. The normalized spacial score (nSPS) is 15.7. The molecule has 33 heavy (non-hydrogen) atoms. The topological polar surface area (TPSA) is 81.4 Å². The molecule has 6 rings (SSSR count). The van der Waals surface area contributed by atoms with Crippen molar-refractivity contribution >= 4 is 50.6 Å². The number of thioether (sulfide) groups is 1. The van der Waals surface area contributed by atoms with Gasteiger partial charge in [0, 0.05) is 10.8 Å². The molecule has 1 saturated carbocycles. The van der Waals surface area contributed by atoms with E-state index in [-0.39, 0.29) is 11.7 Å². The molecule has 0 saturated heterocycles. The van der Waals surface area contributed by atoms with Crippen molar-refractivity contribution in [1.82, 2.24) is 19.6 Å². The van der Waals surface area contributed by atoms with Gasteiger partial charge in [-0.25, -0.2) is 4.98 Å². The van der Waals surface area contributed by atoms with E-state index in [2.05, 4.69) is 19.9 Å². The second-order valence-corrected chi connectivity index (χ2v) is 10.6. The fourth-order valence-corrected chi connectivity index (χ4v) is 6.53. The van der Waals surface area contributed by atoms with Crippen LogP contribution in [0.3, 0.4) is 0 Å². The maximum Gasteiger partial charge on any atom is 0.234 e. The highest BCUT2D eigenvalue weighted by atomic mass is 32.2. The molecule has 4 aromatic rings. The molecule has 0 atom stereocenters. The Kier molecular flexibility index (Phi) is 5.46. The van der Waals surface area contributed by atoms with Crippen molar-refractivity contribution < 1.29 is 9.53 Å². The zero-order chi connectivity index (χ0) is 22.4. The van der Waals surface area contributed by atoms with E-state index in [1.54, 1.807) is 0 Å².